The molecule has 6 N–H and O–H groups in total. The molecule has 1 saturated carbocycles. The maximum atomic E-state index is 12.8. The fraction of sp³-hybridized carbons (Fsp3) is 0.826. The third-order valence-electron chi connectivity index (χ3n) is 10.7. The maximum Gasteiger partial charge on any atom is 0.472 e. The second-order valence-corrected chi connectivity index (χ2v) is 17.7. The summed E-state index contributed by atoms with van der Waals surface area (Å²) in [4.78, 5) is 35.7. The molecule has 6 unspecified atom stereocenters. The van der Waals surface area contributed by atoms with Gasteiger partial charge in [-0.3, -0.25) is 18.6 Å². The molecular formula is C46H83O13P. The van der Waals surface area contributed by atoms with Gasteiger partial charge in [-0.05, 0) is 70.6 Å². The van der Waals surface area contributed by atoms with E-state index < -0.39 is 75.7 Å². The van der Waals surface area contributed by atoms with E-state index in [0.717, 1.165) is 77.0 Å². The van der Waals surface area contributed by atoms with Gasteiger partial charge in [0.1, 0.15) is 43.2 Å². The van der Waals surface area contributed by atoms with Crippen molar-refractivity contribution < 1.29 is 63.1 Å². The summed E-state index contributed by atoms with van der Waals surface area (Å²) < 4.78 is 33.5. The van der Waals surface area contributed by atoms with Crippen LogP contribution in [0, 0.1) is 0 Å². The first-order chi connectivity index (χ1) is 28.9. The predicted octanol–water partition coefficient (Wildman–Crippen LogP) is 9.00. The number of hydrogen-bond acceptors (Lipinski definition) is 12. The molecule has 13 nitrogen and oxygen atoms in total. The highest BCUT2D eigenvalue weighted by atomic mass is 31.2. The van der Waals surface area contributed by atoms with Crippen LogP contribution in [0.4, 0.5) is 0 Å². The highest BCUT2D eigenvalue weighted by molar-refractivity contribution is 7.47. The van der Waals surface area contributed by atoms with Gasteiger partial charge in [0, 0.05) is 12.8 Å². The van der Waals surface area contributed by atoms with E-state index in [1.807, 2.05) is 0 Å². The predicted molar refractivity (Wildman–Crippen MR) is 235 cm³/mol. The Morgan fingerprint density at radius 1 is 0.517 bits per heavy atom. The van der Waals surface area contributed by atoms with Crippen LogP contribution in [0.2, 0.25) is 0 Å². The summed E-state index contributed by atoms with van der Waals surface area (Å²) in [5, 5.41) is 50.1. The molecule has 0 aromatic rings. The van der Waals surface area contributed by atoms with Crippen LogP contribution in [0.3, 0.4) is 0 Å². The number of aliphatic hydroxyl groups excluding tert-OH is 5. The molecule has 0 spiro atoms. The molecule has 6 atom stereocenters. The van der Waals surface area contributed by atoms with E-state index in [9.17, 15) is 44.6 Å². The second-order valence-electron chi connectivity index (χ2n) is 16.3. The average Bonchev–Trinajstić information content (AvgIpc) is 3.23. The number of allylic oxidation sites excluding steroid dienone is 6. The van der Waals surface area contributed by atoms with Gasteiger partial charge in [-0.2, -0.15) is 0 Å². The van der Waals surface area contributed by atoms with Crippen LogP contribution in [0.1, 0.15) is 187 Å². The normalized spacial score (nSPS) is 22.5. The molecule has 1 aliphatic carbocycles. The Labute approximate surface area is 361 Å². The Bertz CT molecular complexity index is 1190. The van der Waals surface area contributed by atoms with E-state index in [1.54, 1.807) is 0 Å². The molecule has 1 rings (SSSR count). The minimum atomic E-state index is -5.12. The number of esters is 2. The minimum absolute atomic E-state index is 0.0904. The van der Waals surface area contributed by atoms with E-state index in [0.29, 0.717) is 12.8 Å². The fourth-order valence-corrected chi connectivity index (χ4v) is 7.87. The molecule has 1 aliphatic rings. The number of phosphoric ester groups is 1. The third kappa shape index (κ3) is 28.6. The van der Waals surface area contributed by atoms with Gasteiger partial charge in [-0.25, -0.2) is 4.57 Å². The van der Waals surface area contributed by atoms with Crippen LogP contribution >= 0.6 is 7.82 Å². The zero-order valence-electron chi connectivity index (χ0n) is 37.0. The van der Waals surface area contributed by atoms with Crippen molar-refractivity contribution in [2.75, 3.05) is 13.2 Å². The molecule has 0 aromatic carbocycles. The van der Waals surface area contributed by atoms with Gasteiger partial charge < -0.3 is 39.9 Å². The Morgan fingerprint density at radius 3 is 1.37 bits per heavy atom. The molecule has 0 heterocycles. The molecule has 0 bridgehead atoms. The number of carbonyl (C=O) groups is 2. The quantitative estimate of drug-likeness (QED) is 0.0148. The number of ether oxygens (including phenoxy) is 2. The van der Waals surface area contributed by atoms with Gasteiger partial charge in [0.2, 0.25) is 0 Å². The fourth-order valence-electron chi connectivity index (χ4n) is 6.90. The molecule has 0 radical (unpaired) electrons. The molecule has 0 aromatic heterocycles. The average molecular weight is 875 g/mol. The standard InChI is InChI=1S/C46H83O13P/c1-3-5-7-9-11-13-15-17-18-19-20-21-22-23-25-27-29-31-33-35-40(48)58-38(36-56-39(47)34-32-30-28-26-24-16-14-12-10-8-6-4-2)37-57-60(54,55)59-46-44(52)42(50)41(49)43(51)45(46)53/h11-14,17-18,38,41-46,49-53H,3-10,15-16,19-37H2,1-2H3,(H,54,55)/b13-11-,14-12-,18-17-. The van der Waals surface area contributed by atoms with Gasteiger partial charge in [0.05, 0.1) is 6.61 Å². The SMILES string of the molecule is CCCCC/C=C\C/C=C\CCCCCCCCCCCC(=O)OC(COC(=O)CCCCCCC/C=C\CCCCC)COP(=O)(O)OC1C(O)C(O)C(O)C(O)C1O. The van der Waals surface area contributed by atoms with Crippen molar-refractivity contribution in [1.29, 1.82) is 0 Å². The summed E-state index contributed by atoms with van der Waals surface area (Å²) in [5.41, 5.74) is 0. The lowest BCUT2D eigenvalue weighted by Crippen LogP contribution is -2.64. The highest BCUT2D eigenvalue weighted by Crippen LogP contribution is 2.47. The summed E-state index contributed by atoms with van der Waals surface area (Å²) >= 11 is 0. The second kappa shape index (κ2) is 36.5. The van der Waals surface area contributed by atoms with Gasteiger partial charge in [0.15, 0.2) is 6.10 Å². The van der Waals surface area contributed by atoms with E-state index in [4.69, 9.17) is 18.5 Å². The van der Waals surface area contributed by atoms with E-state index in [2.05, 4.69) is 50.3 Å². The molecule has 0 saturated heterocycles. The lowest BCUT2D eigenvalue weighted by atomic mass is 9.85. The number of carbonyl (C=O) groups excluding carboxylic acids is 2. The number of rotatable bonds is 38. The Balaban J connectivity index is 2.44. The summed E-state index contributed by atoms with van der Waals surface area (Å²) in [6.07, 6.45) is 27.7. The zero-order chi connectivity index (χ0) is 44.3. The molecule has 350 valence electrons. The molecule has 0 aliphatic heterocycles. The van der Waals surface area contributed by atoms with Crippen LogP contribution < -0.4 is 0 Å². The molecule has 14 heteroatoms. The minimum Gasteiger partial charge on any atom is -0.462 e. The van der Waals surface area contributed by atoms with Crippen molar-refractivity contribution >= 4 is 19.8 Å². The van der Waals surface area contributed by atoms with E-state index >= 15 is 0 Å². The van der Waals surface area contributed by atoms with Crippen molar-refractivity contribution in [2.24, 2.45) is 0 Å². The van der Waals surface area contributed by atoms with Crippen LogP contribution in [-0.2, 0) is 32.7 Å². The summed E-state index contributed by atoms with van der Waals surface area (Å²) in [7, 11) is -5.12. The van der Waals surface area contributed by atoms with Gasteiger partial charge in [0.25, 0.3) is 0 Å². The van der Waals surface area contributed by atoms with Crippen LogP contribution in [-0.4, -0.2) is 98.3 Å². The van der Waals surface area contributed by atoms with Crippen molar-refractivity contribution in [3.05, 3.63) is 36.5 Å². The van der Waals surface area contributed by atoms with E-state index in [-0.39, 0.29) is 12.8 Å². The van der Waals surface area contributed by atoms with Crippen molar-refractivity contribution in [3.8, 4) is 0 Å². The molecule has 1 fully saturated rings. The Hall–Kier alpha value is -1.93. The molecule has 60 heavy (non-hydrogen) atoms. The van der Waals surface area contributed by atoms with Crippen LogP contribution in [0.5, 0.6) is 0 Å². The van der Waals surface area contributed by atoms with Crippen molar-refractivity contribution in [1.82, 2.24) is 0 Å². The number of unbranched alkanes of at least 4 members (excludes halogenated alkanes) is 20. The Kier molecular flexibility index (Phi) is 34.2. The lowest BCUT2D eigenvalue weighted by Gasteiger charge is -2.41. The van der Waals surface area contributed by atoms with Crippen molar-refractivity contribution in [2.45, 2.75) is 230 Å². The smallest absolute Gasteiger partial charge is 0.462 e. The zero-order valence-corrected chi connectivity index (χ0v) is 37.9. The first-order valence-electron chi connectivity index (χ1n) is 23.3. The van der Waals surface area contributed by atoms with Crippen LogP contribution in [0.15, 0.2) is 36.5 Å². The largest absolute Gasteiger partial charge is 0.472 e. The summed E-state index contributed by atoms with van der Waals surface area (Å²) in [6.45, 7) is 3.24. The summed E-state index contributed by atoms with van der Waals surface area (Å²) in [6, 6.07) is 0. The number of aliphatic hydroxyl groups is 5. The topological polar surface area (TPSA) is 210 Å². The number of hydrogen-bond donors (Lipinski definition) is 6. The van der Waals surface area contributed by atoms with E-state index in [1.165, 1.54) is 70.6 Å². The molecule has 0 amide bonds. The number of phosphoric acid groups is 1. The monoisotopic (exact) mass is 875 g/mol. The molecular weight excluding hydrogens is 791 g/mol. The lowest BCUT2D eigenvalue weighted by molar-refractivity contribution is -0.220. The van der Waals surface area contributed by atoms with Crippen LogP contribution in [0.25, 0.3) is 0 Å². The first-order valence-corrected chi connectivity index (χ1v) is 24.8. The maximum absolute atomic E-state index is 12.8. The summed E-state index contributed by atoms with van der Waals surface area (Å²) in [5.74, 6) is -1.11. The third-order valence-corrected chi connectivity index (χ3v) is 11.7. The van der Waals surface area contributed by atoms with Gasteiger partial charge >= 0.3 is 19.8 Å². The van der Waals surface area contributed by atoms with Gasteiger partial charge in [-0.15, -0.1) is 0 Å². The first kappa shape index (κ1) is 56.1. The Morgan fingerprint density at radius 2 is 0.900 bits per heavy atom. The van der Waals surface area contributed by atoms with Crippen molar-refractivity contribution in [3.63, 3.8) is 0 Å². The van der Waals surface area contributed by atoms with Gasteiger partial charge in [-0.1, -0.05) is 140 Å². The highest BCUT2D eigenvalue weighted by Gasteiger charge is 2.51.